The van der Waals surface area contributed by atoms with E-state index in [2.05, 4.69) is 13.8 Å². The molecule has 47 heavy (non-hydrogen) atoms. The first kappa shape index (κ1) is 41.2. The van der Waals surface area contributed by atoms with Crippen molar-refractivity contribution in [2.45, 2.75) is 129 Å². The van der Waals surface area contributed by atoms with E-state index in [1.54, 1.807) is 0 Å². The molecular weight excluding hydrogens is 615 g/mol. The van der Waals surface area contributed by atoms with Crippen LogP contribution in [0.25, 0.3) is 0 Å². The molecule has 268 valence electrons. The van der Waals surface area contributed by atoms with Gasteiger partial charge in [0, 0.05) is 0 Å². The summed E-state index contributed by atoms with van der Waals surface area (Å²) in [5.74, 6) is 1.56. The van der Waals surface area contributed by atoms with Crippen molar-refractivity contribution >= 4 is 7.82 Å². The Balaban J connectivity index is 1.81. The van der Waals surface area contributed by atoms with E-state index in [-0.39, 0.29) is 25.4 Å². The molecule has 2 rings (SSSR count). The molecule has 2 atom stereocenters. The van der Waals surface area contributed by atoms with Crippen molar-refractivity contribution in [2.75, 3.05) is 39.6 Å². The maximum absolute atomic E-state index is 13.0. The van der Waals surface area contributed by atoms with Crippen LogP contribution in [0.4, 0.5) is 0 Å². The number of benzene rings is 2. The fourth-order valence-corrected chi connectivity index (χ4v) is 6.05. The molecule has 2 unspecified atom stereocenters. The number of hydrogen-bond donors (Lipinski definition) is 1. The molecule has 0 saturated carbocycles. The van der Waals surface area contributed by atoms with E-state index in [9.17, 15) is 9.46 Å². The molecule has 0 radical (unpaired) electrons. The molecule has 9 heteroatoms. The highest BCUT2D eigenvalue weighted by atomic mass is 31.2. The van der Waals surface area contributed by atoms with Crippen molar-refractivity contribution in [3.05, 3.63) is 60.7 Å². The summed E-state index contributed by atoms with van der Waals surface area (Å²) in [6.45, 7) is 5.88. The third-order valence-electron chi connectivity index (χ3n) is 8.00. The normalized spacial score (nSPS) is 14.0. The molecule has 0 bridgehead atoms. The predicted octanol–water partition coefficient (Wildman–Crippen LogP) is 10.3. The number of phosphoric acid groups is 1. The second-order valence-corrected chi connectivity index (χ2v) is 13.6. The zero-order chi connectivity index (χ0) is 33.7. The van der Waals surface area contributed by atoms with E-state index in [4.69, 9.17) is 28.0 Å². The van der Waals surface area contributed by atoms with Gasteiger partial charge in [-0.15, -0.1) is 0 Å². The van der Waals surface area contributed by atoms with Gasteiger partial charge in [0.2, 0.25) is 0 Å². The molecule has 1 N–H and O–H groups in total. The third-order valence-corrected chi connectivity index (χ3v) is 8.95. The number of unbranched alkanes of at least 4 members (excludes halogenated alkanes) is 12. The Hall–Kier alpha value is -1.93. The van der Waals surface area contributed by atoms with Gasteiger partial charge in [-0.1, -0.05) is 140 Å². The first-order chi connectivity index (χ1) is 23.0. The molecule has 0 amide bonds. The molecular formula is C38H63O8P. The predicted molar refractivity (Wildman–Crippen MR) is 190 cm³/mol. The van der Waals surface area contributed by atoms with Crippen molar-refractivity contribution in [1.82, 2.24) is 0 Å². The summed E-state index contributed by atoms with van der Waals surface area (Å²) in [4.78, 5) is 10.6. The Morgan fingerprint density at radius 2 is 0.894 bits per heavy atom. The Morgan fingerprint density at radius 1 is 0.532 bits per heavy atom. The quantitative estimate of drug-likeness (QED) is 0.0604. The summed E-state index contributed by atoms with van der Waals surface area (Å²) >= 11 is 0. The van der Waals surface area contributed by atoms with Crippen LogP contribution in [-0.2, 0) is 23.1 Å². The van der Waals surface area contributed by atoms with Gasteiger partial charge < -0.3 is 23.8 Å². The average molecular weight is 679 g/mol. The van der Waals surface area contributed by atoms with Gasteiger partial charge in [-0.25, -0.2) is 4.57 Å². The van der Waals surface area contributed by atoms with Crippen LogP contribution in [0.15, 0.2) is 60.7 Å². The second kappa shape index (κ2) is 28.0. The first-order valence-corrected chi connectivity index (χ1v) is 19.7. The molecule has 0 aromatic heterocycles. The minimum Gasteiger partial charge on any atom is -0.491 e. The molecule has 0 fully saturated rings. The first-order valence-electron chi connectivity index (χ1n) is 18.2. The lowest BCUT2D eigenvalue weighted by Gasteiger charge is -2.22. The van der Waals surface area contributed by atoms with Gasteiger partial charge in [-0.2, -0.15) is 0 Å². The van der Waals surface area contributed by atoms with Crippen molar-refractivity contribution in [3.63, 3.8) is 0 Å². The average Bonchev–Trinajstić information content (AvgIpc) is 3.09. The highest BCUT2D eigenvalue weighted by molar-refractivity contribution is 7.47. The largest absolute Gasteiger partial charge is 0.491 e. The Morgan fingerprint density at radius 3 is 1.28 bits per heavy atom. The van der Waals surface area contributed by atoms with Crippen LogP contribution in [0, 0.1) is 0 Å². The summed E-state index contributed by atoms with van der Waals surface area (Å²) in [6.07, 6.45) is 17.4. The monoisotopic (exact) mass is 678 g/mol. The maximum Gasteiger partial charge on any atom is 0.472 e. The van der Waals surface area contributed by atoms with Crippen LogP contribution in [0.3, 0.4) is 0 Å². The standard InChI is InChI=1S/C38H63O8P/c1-3-5-7-9-11-13-17-27-37(43-31-29-41-35-23-19-15-20-24-35)33-45-47(39,40)46-34-38(28-18-14-12-10-8-6-4-2)44-32-30-42-36-25-21-16-22-26-36/h15-16,19-26,37-38H,3-14,17-18,27-34H2,1-2H3,(H,39,40). The maximum atomic E-state index is 13.0. The fourth-order valence-electron chi connectivity index (χ4n) is 5.26. The summed E-state index contributed by atoms with van der Waals surface area (Å²) < 4.78 is 47.5. The molecule has 0 aliphatic heterocycles. The Kier molecular flexibility index (Phi) is 24.5. The number of para-hydroxylation sites is 2. The van der Waals surface area contributed by atoms with Crippen LogP contribution in [0.2, 0.25) is 0 Å². The molecule has 0 heterocycles. The molecule has 2 aromatic rings. The topological polar surface area (TPSA) is 92.7 Å². The van der Waals surface area contributed by atoms with Gasteiger partial charge in [0.15, 0.2) is 0 Å². The third kappa shape index (κ3) is 23.1. The highest BCUT2D eigenvalue weighted by Gasteiger charge is 2.26. The van der Waals surface area contributed by atoms with Crippen molar-refractivity contribution in [1.29, 1.82) is 0 Å². The minimum absolute atomic E-state index is 0.0247. The fraction of sp³-hybridized carbons (Fsp3) is 0.684. The zero-order valence-electron chi connectivity index (χ0n) is 29.2. The number of rotatable bonds is 32. The van der Waals surface area contributed by atoms with Crippen LogP contribution in [0.1, 0.15) is 117 Å². The minimum atomic E-state index is -4.31. The second-order valence-electron chi connectivity index (χ2n) is 12.2. The molecule has 0 aliphatic carbocycles. The SMILES string of the molecule is CCCCCCCCCC(COP(=O)(O)OCC(CCCCCCCCC)OCCOc1ccccc1)OCCOc1ccccc1. The van der Waals surface area contributed by atoms with Gasteiger partial charge in [-0.3, -0.25) is 9.05 Å². The lowest BCUT2D eigenvalue weighted by atomic mass is 10.1. The number of phosphoric ester groups is 1. The van der Waals surface area contributed by atoms with Crippen LogP contribution < -0.4 is 9.47 Å². The van der Waals surface area contributed by atoms with E-state index in [1.807, 2.05) is 60.7 Å². The summed E-state index contributed by atoms with van der Waals surface area (Å²) in [5, 5.41) is 0. The van der Waals surface area contributed by atoms with Crippen LogP contribution >= 0.6 is 7.82 Å². The van der Waals surface area contributed by atoms with E-state index < -0.39 is 7.82 Å². The highest BCUT2D eigenvalue weighted by Crippen LogP contribution is 2.44. The van der Waals surface area contributed by atoms with Gasteiger partial charge in [-0.05, 0) is 37.1 Å². The number of hydrogen-bond acceptors (Lipinski definition) is 7. The van der Waals surface area contributed by atoms with Gasteiger partial charge >= 0.3 is 7.82 Å². The number of ether oxygens (including phenoxy) is 4. The summed E-state index contributed by atoms with van der Waals surface area (Å²) in [5.41, 5.74) is 0. The van der Waals surface area contributed by atoms with Crippen LogP contribution in [0.5, 0.6) is 11.5 Å². The Bertz CT molecular complexity index is 932. The van der Waals surface area contributed by atoms with Crippen molar-refractivity contribution < 1.29 is 37.5 Å². The molecule has 8 nitrogen and oxygen atoms in total. The molecule has 0 spiro atoms. The van der Waals surface area contributed by atoms with Gasteiger partial charge in [0.1, 0.15) is 24.7 Å². The lowest BCUT2D eigenvalue weighted by Crippen LogP contribution is -2.24. The lowest BCUT2D eigenvalue weighted by molar-refractivity contribution is -0.0230. The van der Waals surface area contributed by atoms with Gasteiger partial charge in [0.25, 0.3) is 0 Å². The molecule has 2 aromatic carbocycles. The van der Waals surface area contributed by atoms with Crippen molar-refractivity contribution in [2.24, 2.45) is 0 Å². The van der Waals surface area contributed by atoms with E-state index in [1.165, 1.54) is 64.2 Å². The summed E-state index contributed by atoms with van der Waals surface area (Å²) in [7, 11) is -4.31. The van der Waals surface area contributed by atoms with Crippen LogP contribution in [-0.4, -0.2) is 56.7 Å². The molecule has 0 saturated heterocycles. The van der Waals surface area contributed by atoms with Gasteiger partial charge in [0.05, 0.1) is 38.6 Å². The zero-order valence-corrected chi connectivity index (χ0v) is 30.1. The van der Waals surface area contributed by atoms with E-state index in [0.717, 1.165) is 50.0 Å². The van der Waals surface area contributed by atoms with Crippen molar-refractivity contribution in [3.8, 4) is 11.5 Å². The molecule has 0 aliphatic rings. The van der Waals surface area contributed by atoms with E-state index in [0.29, 0.717) is 26.4 Å². The van der Waals surface area contributed by atoms with E-state index >= 15 is 0 Å². The Labute approximate surface area is 285 Å². The summed E-state index contributed by atoms with van der Waals surface area (Å²) in [6, 6.07) is 19.2. The smallest absolute Gasteiger partial charge is 0.472 e.